The lowest BCUT2D eigenvalue weighted by molar-refractivity contribution is -0.137. The van der Waals surface area contributed by atoms with Gasteiger partial charge in [-0.15, -0.1) is 0 Å². The van der Waals surface area contributed by atoms with Crippen molar-refractivity contribution in [1.29, 1.82) is 0 Å². The number of aliphatic carboxylic acids is 1. The van der Waals surface area contributed by atoms with E-state index in [9.17, 15) is 14.0 Å². The number of nitrogens with two attached hydrogens (primary N) is 1. The van der Waals surface area contributed by atoms with Crippen LogP contribution in [0, 0.1) is 12.7 Å². The Morgan fingerprint density at radius 3 is 2.62 bits per heavy atom. The van der Waals surface area contributed by atoms with Crippen molar-refractivity contribution in [3.8, 4) is 0 Å². The van der Waals surface area contributed by atoms with Crippen molar-refractivity contribution in [2.45, 2.75) is 19.4 Å². The summed E-state index contributed by atoms with van der Waals surface area (Å²) >= 11 is 0. The molecule has 5 heteroatoms. The Morgan fingerprint density at radius 2 is 2.12 bits per heavy atom. The van der Waals surface area contributed by atoms with Crippen molar-refractivity contribution in [2.75, 3.05) is 0 Å². The molecule has 0 fully saturated rings. The number of benzene rings is 1. The fraction of sp³-hybridized carbons (Fsp3) is 0.273. The van der Waals surface area contributed by atoms with E-state index < -0.39 is 30.0 Å². The normalized spacial score (nSPS) is 12.2. The van der Waals surface area contributed by atoms with E-state index in [0.29, 0.717) is 5.56 Å². The Balaban J connectivity index is 2.88. The highest BCUT2D eigenvalue weighted by molar-refractivity contribution is 6.01. The topological polar surface area (TPSA) is 80.4 Å². The molecule has 0 heterocycles. The average Bonchev–Trinajstić information content (AvgIpc) is 2.20. The lowest BCUT2D eigenvalue weighted by atomic mass is 10.0. The number of hydrogen-bond acceptors (Lipinski definition) is 3. The number of rotatable bonds is 4. The van der Waals surface area contributed by atoms with Crippen molar-refractivity contribution in [3.05, 3.63) is 35.1 Å². The molecule has 1 atom stereocenters. The summed E-state index contributed by atoms with van der Waals surface area (Å²) in [6, 6.07) is 2.73. The third-order valence-electron chi connectivity index (χ3n) is 2.17. The number of Topliss-reactive ketones (excluding diaryl/α,β-unsaturated/α-hetero) is 1. The Labute approximate surface area is 91.9 Å². The second-order valence-corrected chi connectivity index (χ2v) is 3.53. The van der Waals surface area contributed by atoms with Crippen LogP contribution in [0.4, 0.5) is 4.39 Å². The Kier molecular flexibility index (Phi) is 3.73. The fourth-order valence-corrected chi connectivity index (χ4v) is 1.29. The molecular formula is C11H12FNO3. The molecule has 0 radical (unpaired) electrons. The first kappa shape index (κ1) is 12.3. The van der Waals surface area contributed by atoms with Gasteiger partial charge in [-0.05, 0) is 30.7 Å². The lowest BCUT2D eigenvalue weighted by Gasteiger charge is -2.08. The van der Waals surface area contributed by atoms with Crippen LogP contribution >= 0.6 is 0 Å². The molecule has 0 aliphatic rings. The van der Waals surface area contributed by atoms with Crippen molar-refractivity contribution in [3.63, 3.8) is 0 Å². The molecule has 0 saturated carbocycles. The van der Waals surface area contributed by atoms with E-state index in [0.717, 1.165) is 6.07 Å². The summed E-state index contributed by atoms with van der Waals surface area (Å²) in [7, 11) is 0. The predicted octanol–water partition coefficient (Wildman–Crippen LogP) is 1.12. The van der Waals surface area contributed by atoms with E-state index in [4.69, 9.17) is 10.8 Å². The molecule has 0 aromatic heterocycles. The average molecular weight is 225 g/mol. The zero-order valence-electron chi connectivity index (χ0n) is 8.74. The molecule has 4 nitrogen and oxygen atoms in total. The number of carbonyl (C=O) groups is 2. The highest BCUT2D eigenvalue weighted by atomic mass is 19.1. The van der Waals surface area contributed by atoms with Crippen LogP contribution < -0.4 is 5.73 Å². The summed E-state index contributed by atoms with van der Waals surface area (Å²) in [5.74, 6) is -2.05. The maximum Gasteiger partial charge on any atom is 0.305 e. The second kappa shape index (κ2) is 4.85. The third kappa shape index (κ3) is 2.87. The van der Waals surface area contributed by atoms with Crippen LogP contribution in [0.5, 0.6) is 0 Å². The minimum absolute atomic E-state index is 0.229. The number of aryl methyl sites for hydroxylation is 1. The summed E-state index contributed by atoms with van der Waals surface area (Å²) in [4.78, 5) is 22.0. The highest BCUT2D eigenvalue weighted by Crippen LogP contribution is 2.11. The SMILES string of the molecule is Cc1cc(C(=O)C(N)CC(=O)O)ccc1F. The van der Waals surface area contributed by atoms with Gasteiger partial charge in [0.05, 0.1) is 12.5 Å². The highest BCUT2D eigenvalue weighted by Gasteiger charge is 2.19. The summed E-state index contributed by atoms with van der Waals surface area (Å²) < 4.78 is 12.9. The molecule has 0 spiro atoms. The van der Waals surface area contributed by atoms with Crippen molar-refractivity contribution in [2.24, 2.45) is 5.73 Å². The molecule has 1 unspecified atom stereocenters. The van der Waals surface area contributed by atoms with Gasteiger partial charge < -0.3 is 10.8 Å². The largest absolute Gasteiger partial charge is 0.481 e. The van der Waals surface area contributed by atoms with Crippen LogP contribution in [0.3, 0.4) is 0 Å². The first-order valence-electron chi connectivity index (χ1n) is 4.69. The molecule has 1 aromatic rings. The van der Waals surface area contributed by atoms with Gasteiger partial charge in [0.25, 0.3) is 0 Å². The molecule has 1 rings (SSSR count). The van der Waals surface area contributed by atoms with Gasteiger partial charge in [-0.1, -0.05) is 0 Å². The van der Waals surface area contributed by atoms with Gasteiger partial charge in [-0.2, -0.15) is 0 Å². The smallest absolute Gasteiger partial charge is 0.305 e. The Hall–Kier alpha value is -1.75. The Bertz CT molecular complexity index is 431. The molecule has 0 aliphatic carbocycles. The van der Waals surface area contributed by atoms with Gasteiger partial charge in [0, 0.05) is 5.56 Å². The maximum absolute atomic E-state index is 12.9. The molecule has 1 aromatic carbocycles. The summed E-state index contributed by atoms with van der Waals surface area (Å²) in [6.07, 6.45) is -0.435. The molecule has 0 aliphatic heterocycles. The molecule has 16 heavy (non-hydrogen) atoms. The maximum atomic E-state index is 12.9. The van der Waals surface area contributed by atoms with Gasteiger partial charge in [0.1, 0.15) is 5.82 Å². The van der Waals surface area contributed by atoms with Crippen molar-refractivity contribution in [1.82, 2.24) is 0 Å². The van der Waals surface area contributed by atoms with Crippen molar-refractivity contribution >= 4 is 11.8 Å². The van der Waals surface area contributed by atoms with Crippen LogP contribution in [-0.4, -0.2) is 22.9 Å². The van der Waals surface area contributed by atoms with E-state index >= 15 is 0 Å². The standard InChI is InChI=1S/C11H12FNO3/c1-6-4-7(2-3-8(6)12)11(16)9(13)5-10(14)15/h2-4,9H,5,13H2,1H3,(H,14,15). The number of carboxylic acid groups (broad SMARTS) is 1. The van der Waals surface area contributed by atoms with Crippen LogP contribution in [0.1, 0.15) is 22.3 Å². The van der Waals surface area contributed by atoms with Crippen LogP contribution in [-0.2, 0) is 4.79 Å². The van der Waals surface area contributed by atoms with E-state index in [2.05, 4.69) is 0 Å². The number of carbonyl (C=O) groups excluding carboxylic acids is 1. The van der Waals surface area contributed by atoms with Gasteiger partial charge in [-0.25, -0.2) is 4.39 Å². The minimum Gasteiger partial charge on any atom is -0.481 e. The Morgan fingerprint density at radius 1 is 1.50 bits per heavy atom. The van der Waals surface area contributed by atoms with Crippen molar-refractivity contribution < 1.29 is 19.1 Å². The first-order valence-corrected chi connectivity index (χ1v) is 4.69. The molecule has 0 bridgehead atoms. The first-order chi connectivity index (χ1) is 7.41. The molecule has 0 amide bonds. The fourth-order valence-electron chi connectivity index (χ4n) is 1.29. The lowest BCUT2D eigenvalue weighted by Crippen LogP contribution is -2.33. The number of ketones is 1. The van der Waals surface area contributed by atoms with Gasteiger partial charge >= 0.3 is 5.97 Å². The molecule has 3 N–H and O–H groups in total. The van der Waals surface area contributed by atoms with E-state index in [-0.39, 0.29) is 5.56 Å². The second-order valence-electron chi connectivity index (χ2n) is 3.53. The summed E-state index contributed by atoms with van der Waals surface area (Å²) in [5, 5.41) is 8.49. The zero-order valence-corrected chi connectivity index (χ0v) is 8.74. The quantitative estimate of drug-likeness (QED) is 0.752. The predicted molar refractivity (Wildman–Crippen MR) is 55.7 cm³/mol. The molecular weight excluding hydrogens is 213 g/mol. The number of halogens is 1. The number of carboxylic acids is 1. The third-order valence-corrected chi connectivity index (χ3v) is 2.17. The van der Waals surface area contributed by atoms with Crippen LogP contribution in [0.15, 0.2) is 18.2 Å². The van der Waals surface area contributed by atoms with Crippen LogP contribution in [0.2, 0.25) is 0 Å². The molecule has 86 valence electrons. The monoisotopic (exact) mass is 225 g/mol. The number of hydrogen-bond donors (Lipinski definition) is 2. The van der Waals surface area contributed by atoms with Gasteiger partial charge in [0.2, 0.25) is 0 Å². The zero-order chi connectivity index (χ0) is 12.3. The van der Waals surface area contributed by atoms with Gasteiger partial charge in [-0.3, -0.25) is 9.59 Å². The minimum atomic E-state index is -1.14. The van der Waals surface area contributed by atoms with Gasteiger partial charge in [0.15, 0.2) is 5.78 Å². The molecule has 0 saturated heterocycles. The van der Waals surface area contributed by atoms with E-state index in [1.165, 1.54) is 19.1 Å². The van der Waals surface area contributed by atoms with Crippen LogP contribution in [0.25, 0.3) is 0 Å². The van der Waals surface area contributed by atoms with E-state index in [1.54, 1.807) is 0 Å². The summed E-state index contributed by atoms with van der Waals surface area (Å²) in [6.45, 7) is 1.52. The van der Waals surface area contributed by atoms with E-state index in [1.807, 2.05) is 0 Å². The summed E-state index contributed by atoms with van der Waals surface area (Å²) in [5.41, 5.74) is 5.97.